The van der Waals surface area contributed by atoms with Crippen LogP contribution < -0.4 is 10.6 Å². The Labute approximate surface area is 303 Å². The van der Waals surface area contributed by atoms with Gasteiger partial charge in [-0.3, -0.25) is 14.9 Å². The summed E-state index contributed by atoms with van der Waals surface area (Å²) in [5, 5.41) is 30.2. The summed E-state index contributed by atoms with van der Waals surface area (Å²) in [6.07, 6.45) is 10.3. The van der Waals surface area contributed by atoms with Crippen LogP contribution in [0.4, 0.5) is 0 Å². The Morgan fingerprint density at radius 2 is 1.88 bits per heavy atom. The first-order valence-corrected chi connectivity index (χ1v) is 19.3. The molecule has 280 valence electrons. The van der Waals surface area contributed by atoms with Crippen LogP contribution in [0.15, 0.2) is 41.1 Å². The molecule has 0 radical (unpaired) electrons. The number of ether oxygens (including phenoxy) is 4. The Bertz CT molecular complexity index is 1780. The van der Waals surface area contributed by atoms with Crippen molar-refractivity contribution >= 4 is 17.7 Å². The van der Waals surface area contributed by atoms with E-state index in [-0.39, 0.29) is 49.1 Å². The van der Waals surface area contributed by atoms with Crippen LogP contribution in [-0.4, -0.2) is 89.9 Å². The molecule has 0 aromatic carbocycles. The number of nitrogens with one attached hydrogen (secondary N) is 2. The third-order valence-corrected chi connectivity index (χ3v) is 16.0. The highest BCUT2D eigenvalue weighted by atomic mass is 16.7. The molecule has 11 rings (SSSR count). The molecule has 2 bridgehead atoms. The molecule has 5 aliphatic heterocycles. The molecule has 12 nitrogen and oxygen atoms in total. The van der Waals surface area contributed by atoms with Crippen LogP contribution in [-0.2, 0) is 39.8 Å². The van der Waals surface area contributed by atoms with Crippen LogP contribution in [0, 0.1) is 45.3 Å². The SMILES string of the molecule is CC1(C)O[C@H]2CC(=O)OC[C@]23[C@H]2CC[C@@]4(C)[C@H](c5ccoc5C[C@H](CO)[C@H]5C=C[C@H]([C@H]6CNCN6)CC5)OC(=O)[C@H]5O[C@]54[C@@]24CC=C[C@@]13C(=O)[C@H]4O. The van der Waals surface area contributed by atoms with E-state index in [1.165, 1.54) is 0 Å². The first-order valence-electron chi connectivity index (χ1n) is 19.3. The lowest BCUT2D eigenvalue weighted by Crippen LogP contribution is -2.79. The minimum absolute atomic E-state index is 0.000668. The maximum Gasteiger partial charge on any atom is 0.339 e. The molecule has 5 saturated heterocycles. The van der Waals surface area contributed by atoms with Gasteiger partial charge in [-0.15, -0.1) is 0 Å². The number of fused-ring (bicyclic) bond motifs is 2. The predicted molar refractivity (Wildman–Crippen MR) is 182 cm³/mol. The number of allylic oxidation sites excluding steroid dienone is 2. The van der Waals surface area contributed by atoms with Gasteiger partial charge in [0.1, 0.15) is 30.2 Å². The molecule has 4 N–H and O–H groups in total. The molecule has 4 spiro atoms. The van der Waals surface area contributed by atoms with Gasteiger partial charge in [0.25, 0.3) is 0 Å². The van der Waals surface area contributed by atoms with Crippen molar-refractivity contribution in [2.24, 2.45) is 45.3 Å². The zero-order chi connectivity index (χ0) is 36.1. The Hall–Kier alpha value is -2.87. The number of carbonyl (C=O) groups is 3. The van der Waals surface area contributed by atoms with Crippen molar-refractivity contribution < 1.29 is 48.0 Å². The topological polar surface area (TPSA) is 169 Å². The van der Waals surface area contributed by atoms with Crippen molar-refractivity contribution in [3.8, 4) is 0 Å². The fourth-order valence-electron chi connectivity index (χ4n) is 13.8. The number of hydrogen-bond acceptors (Lipinski definition) is 12. The average molecular weight is 719 g/mol. The summed E-state index contributed by atoms with van der Waals surface area (Å²) in [4.78, 5) is 41.9. The second-order valence-corrected chi connectivity index (χ2v) is 18.0. The Balaban J connectivity index is 1.03. The van der Waals surface area contributed by atoms with Crippen LogP contribution >= 0.6 is 0 Å². The zero-order valence-corrected chi connectivity index (χ0v) is 30.1. The number of aliphatic hydroxyl groups is 2. The van der Waals surface area contributed by atoms with E-state index < -0.39 is 63.2 Å². The van der Waals surface area contributed by atoms with Gasteiger partial charge < -0.3 is 38.9 Å². The van der Waals surface area contributed by atoms with Gasteiger partial charge >= 0.3 is 11.9 Å². The van der Waals surface area contributed by atoms with Gasteiger partial charge in [-0.1, -0.05) is 31.2 Å². The number of epoxide rings is 1. The number of esters is 2. The molecule has 0 amide bonds. The molecule has 7 fully saturated rings. The molecular weight excluding hydrogens is 668 g/mol. The lowest BCUT2D eigenvalue weighted by atomic mass is 9.33. The van der Waals surface area contributed by atoms with Crippen LogP contribution in [0.2, 0.25) is 0 Å². The number of cyclic esters (lactones) is 2. The number of aliphatic hydroxyl groups excluding tert-OH is 2. The molecule has 52 heavy (non-hydrogen) atoms. The van der Waals surface area contributed by atoms with Gasteiger partial charge in [0.05, 0.1) is 35.2 Å². The number of hydrogen-bond donors (Lipinski definition) is 4. The summed E-state index contributed by atoms with van der Waals surface area (Å²) in [7, 11) is 0. The highest BCUT2D eigenvalue weighted by Crippen LogP contribution is 2.84. The second kappa shape index (κ2) is 10.9. The van der Waals surface area contributed by atoms with Crippen LogP contribution in [0.1, 0.15) is 76.7 Å². The minimum Gasteiger partial charge on any atom is -0.469 e. The number of carbonyl (C=O) groups excluding carboxylic acids is 3. The normalized spacial score (nSPS) is 49.9. The number of ketones is 1. The highest BCUT2D eigenvalue weighted by Gasteiger charge is 2.94. The Kier molecular flexibility index (Phi) is 7.05. The molecule has 1 aromatic rings. The summed E-state index contributed by atoms with van der Waals surface area (Å²) >= 11 is 0. The highest BCUT2D eigenvalue weighted by molar-refractivity contribution is 5.97. The quantitative estimate of drug-likeness (QED) is 0.193. The fraction of sp³-hybridized carbons (Fsp3) is 0.725. The van der Waals surface area contributed by atoms with Crippen LogP contribution in [0.25, 0.3) is 0 Å². The first kappa shape index (κ1) is 33.7. The van der Waals surface area contributed by atoms with Crippen molar-refractivity contribution in [3.05, 3.63) is 48.0 Å². The van der Waals surface area contributed by atoms with E-state index in [9.17, 15) is 19.8 Å². The van der Waals surface area contributed by atoms with E-state index in [0.29, 0.717) is 43.4 Å². The van der Waals surface area contributed by atoms with E-state index in [2.05, 4.69) is 29.7 Å². The third kappa shape index (κ3) is 3.72. The summed E-state index contributed by atoms with van der Waals surface area (Å²) < 4.78 is 31.8. The van der Waals surface area contributed by atoms with Crippen molar-refractivity contribution in [2.45, 2.75) is 107 Å². The Morgan fingerprint density at radius 1 is 1.04 bits per heavy atom. The second-order valence-electron chi connectivity index (χ2n) is 18.0. The lowest BCUT2D eigenvalue weighted by molar-refractivity contribution is -0.262. The molecule has 0 unspecified atom stereocenters. The van der Waals surface area contributed by atoms with E-state index in [4.69, 9.17) is 23.4 Å². The van der Waals surface area contributed by atoms with Gasteiger partial charge in [-0.2, -0.15) is 0 Å². The van der Waals surface area contributed by atoms with E-state index in [1.807, 2.05) is 32.1 Å². The van der Waals surface area contributed by atoms with Gasteiger partial charge in [-0.25, -0.2) is 4.79 Å². The third-order valence-electron chi connectivity index (χ3n) is 16.0. The molecule has 6 heterocycles. The zero-order valence-electron chi connectivity index (χ0n) is 30.1. The summed E-state index contributed by atoms with van der Waals surface area (Å²) in [6, 6.07) is 2.28. The number of rotatable bonds is 6. The van der Waals surface area contributed by atoms with Gasteiger partial charge in [0, 0.05) is 48.7 Å². The average Bonchev–Trinajstić information content (AvgIpc) is 3.39. The summed E-state index contributed by atoms with van der Waals surface area (Å²) in [6.45, 7) is 7.60. The van der Waals surface area contributed by atoms with E-state index in [0.717, 1.165) is 31.6 Å². The predicted octanol–water partition coefficient (Wildman–Crippen LogP) is 2.67. The molecule has 10 aliphatic rings. The smallest absolute Gasteiger partial charge is 0.339 e. The molecular formula is C40H50N2O10. The molecule has 14 atom stereocenters. The van der Waals surface area contributed by atoms with E-state index >= 15 is 4.79 Å². The van der Waals surface area contributed by atoms with E-state index in [1.54, 1.807) is 6.26 Å². The minimum atomic E-state index is -1.45. The van der Waals surface area contributed by atoms with Crippen LogP contribution in [0.3, 0.4) is 0 Å². The van der Waals surface area contributed by atoms with Crippen molar-refractivity contribution in [2.75, 3.05) is 26.4 Å². The van der Waals surface area contributed by atoms with Crippen molar-refractivity contribution in [1.29, 1.82) is 0 Å². The fourth-order valence-corrected chi connectivity index (χ4v) is 13.8. The van der Waals surface area contributed by atoms with Crippen LogP contribution in [0.5, 0.6) is 0 Å². The molecule has 2 saturated carbocycles. The largest absolute Gasteiger partial charge is 0.469 e. The first-order chi connectivity index (χ1) is 24.9. The maximum absolute atomic E-state index is 15.0. The number of furan rings is 1. The standard InChI is InChI=1S/C40H50N2O10/c1-35(2)39-12-4-11-37(30(45)31(39)46)27(38(39)19-49-29(44)16-28(38)51-35)9-13-36(3)32(50-34(47)33-40(36,37)52-33)24-10-14-48-26(24)15-23(18-43)21-5-7-22(8-6-21)25-17-41-20-42-25/h4-5,7,10,12,14,21-23,25,27-28,30,32-33,41-43,45H,6,8-9,11,13,15-20H2,1-3H3/t21-,22-,23+,25+,27-,28-,30+,32-,33+,36-,37-,38-,39+,40+/m0/s1. The molecule has 5 aliphatic carbocycles. The van der Waals surface area contributed by atoms with Gasteiger partial charge in [0.2, 0.25) is 0 Å². The number of Topliss-reactive ketones (excluding diaryl/α,β-unsaturated/α-hetero) is 1. The maximum atomic E-state index is 15.0. The van der Waals surface area contributed by atoms with Crippen molar-refractivity contribution in [3.63, 3.8) is 0 Å². The van der Waals surface area contributed by atoms with Crippen molar-refractivity contribution in [1.82, 2.24) is 10.6 Å². The van der Waals surface area contributed by atoms with Gasteiger partial charge in [0.15, 0.2) is 11.9 Å². The summed E-state index contributed by atoms with van der Waals surface area (Å²) in [5.74, 6) is -0.403. The van der Waals surface area contributed by atoms with Gasteiger partial charge in [-0.05, 0) is 75.7 Å². The molecule has 12 heteroatoms. The monoisotopic (exact) mass is 718 g/mol. The lowest BCUT2D eigenvalue weighted by Gasteiger charge is -2.68. The summed E-state index contributed by atoms with van der Waals surface area (Å²) in [5.41, 5.74) is -5.73. The Morgan fingerprint density at radius 3 is 2.63 bits per heavy atom. The molecule has 1 aromatic heterocycles.